The molecule has 3 rings (SSSR count). The van der Waals surface area contributed by atoms with Crippen LogP contribution in [0.3, 0.4) is 0 Å². The SMILES string of the molecule is Cc1ccc(CN(C)c2nccn3c(C)nnc23)s1. The van der Waals surface area contributed by atoms with Crippen LogP contribution in [0.4, 0.5) is 5.82 Å². The Morgan fingerprint density at radius 1 is 1.26 bits per heavy atom. The molecule has 0 saturated heterocycles. The Hall–Kier alpha value is -1.95. The highest BCUT2D eigenvalue weighted by Gasteiger charge is 2.12. The topological polar surface area (TPSA) is 46.3 Å². The van der Waals surface area contributed by atoms with E-state index in [0.29, 0.717) is 0 Å². The third-order valence-corrected chi connectivity index (χ3v) is 4.01. The van der Waals surface area contributed by atoms with Crippen LogP contribution in [-0.2, 0) is 6.54 Å². The van der Waals surface area contributed by atoms with Crippen LogP contribution < -0.4 is 4.90 Å². The fourth-order valence-corrected chi connectivity index (χ4v) is 3.02. The van der Waals surface area contributed by atoms with Gasteiger partial charge in [0.1, 0.15) is 5.82 Å². The molecule has 98 valence electrons. The molecule has 3 aromatic heterocycles. The van der Waals surface area contributed by atoms with Crippen LogP contribution >= 0.6 is 11.3 Å². The molecule has 5 nitrogen and oxygen atoms in total. The largest absolute Gasteiger partial charge is 0.351 e. The molecule has 0 atom stereocenters. The van der Waals surface area contributed by atoms with Gasteiger partial charge in [0, 0.05) is 29.2 Å². The Labute approximate surface area is 115 Å². The van der Waals surface area contributed by atoms with Gasteiger partial charge in [-0.15, -0.1) is 21.5 Å². The fourth-order valence-electron chi connectivity index (χ4n) is 2.08. The normalized spacial score (nSPS) is 11.1. The van der Waals surface area contributed by atoms with E-state index >= 15 is 0 Å². The van der Waals surface area contributed by atoms with Crippen molar-refractivity contribution >= 4 is 22.8 Å². The van der Waals surface area contributed by atoms with E-state index in [2.05, 4.69) is 39.1 Å². The summed E-state index contributed by atoms with van der Waals surface area (Å²) in [4.78, 5) is 9.18. The van der Waals surface area contributed by atoms with E-state index in [1.54, 1.807) is 6.20 Å². The number of aromatic nitrogens is 4. The van der Waals surface area contributed by atoms with Gasteiger partial charge in [0.05, 0.1) is 6.54 Å². The summed E-state index contributed by atoms with van der Waals surface area (Å²) in [5, 5.41) is 8.30. The Balaban J connectivity index is 1.95. The van der Waals surface area contributed by atoms with Gasteiger partial charge in [-0.1, -0.05) is 0 Å². The second kappa shape index (κ2) is 4.62. The number of thiophene rings is 1. The zero-order valence-corrected chi connectivity index (χ0v) is 12.0. The molecule has 0 saturated carbocycles. The van der Waals surface area contributed by atoms with Gasteiger partial charge in [-0.25, -0.2) is 4.98 Å². The number of anilines is 1. The number of hydrogen-bond donors (Lipinski definition) is 0. The minimum absolute atomic E-state index is 0.802. The Kier molecular flexibility index (Phi) is 2.94. The second-order valence-electron chi connectivity index (χ2n) is 4.56. The van der Waals surface area contributed by atoms with Crippen LogP contribution in [-0.4, -0.2) is 26.6 Å². The number of fused-ring (bicyclic) bond motifs is 1. The van der Waals surface area contributed by atoms with Crippen molar-refractivity contribution in [2.45, 2.75) is 20.4 Å². The van der Waals surface area contributed by atoms with Gasteiger partial charge in [-0.3, -0.25) is 4.40 Å². The van der Waals surface area contributed by atoms with Gasteiger partial charge in [0.2, 0.25) is 5.65 Å². The number of rotatable bonds is 3. The zero-order valence-electron chi connectivity index (χ0n) is 11.2. The highest BCUT2D eigenvalue weighted by Crippen LogP contribution is 2.21. The maximum atomic E-state index is 4.43. The molecule has 0 bridgehead atoms. The van der Waals surface area contributed by atoms with Crippen molar-refractivity contribution in [3.8, 4) is 0 Å². The number of nitrogens with zero attached hydrogens (tertiary/aromatic N) is 5. The summed E-state index contributed by atoms with van der Waals surface area (Å²) in [6.07, 6.45) is 3.67. The number of aryl methyl sites for hydroxylation is 2. The lowest BCUT2D eigenvalue weighted by atomic mass is 10.4. The molecule has 0 aliphatic heterocycles. The number of hydrogen-bond acceptors (Lipinski definition) is 5. The van der Waals surface area contributed by atoms with Gasteiger partial charge in [-0.05, 0) is 26.0 Å². The maximum Gasteiger partial charge on any atom is 0.203 e. The summed E-state index contributed by atoms with van der Waals surface area (Å²) in [6, 6.07) is 4.30. The van der Waals surface area contributed by atoms with Crippen LogP contribution in [0.5, 0.6) is 0 Å². The third-order valence-electron chi connectivity index (χ3n) is 3.03. The van der Waals surface area contributed by atoms with Crippen molar-refractivity contribution in [3.63, 3.8) is 0 Å². The maximum absolute atomic E-state index is 4.43. The molecule has 3 heterocycles. The molecule has 3 aromatic rings. The first-order valence-corrected chi connectivity index (χ1v) is 6.89. The van der Waals surface area contributed by atoms with E-state index in [1.807, 2.05) is 35.9 Å². The molecular weight excluding hydrogens is 258 g/mol. The molecule has 19 heavy (non-hydrogen) atoms. The molecule has 0 aliphatic rings. The van der Waals surface area contributed by atoms with Crippen molar-refractivity contribution in [1.29, 1.82) is 0 Å². The predicted molar refractivity (Wildman–Crippen MR) is 76.7 cm³/mol. The smallest absolute Gasteiger partial charge is 0.203 e. The quantitative estimate of drug-likeness (QED) is 0.735. The molecule has 0 N–H and O–H groups in total. The van der Waals surface area contributed by atoms with Gasteiger partial charge in [0.25, 0.3) is 0 Å². The highest BCUT2D eigenvalue weighted by molar-refractivity contribution is 7.11. The van der Waals surface area contributed by atoms with Crippen molar-refractivity contribution in [2.75, 3.05) is 11.9 Å². The minimum Gasteiger partial charge on any atom is -0.351 e. The van der Waals surface area contributed by atoms with E-state index in [-0.39, 0.29) is 0 Å². The van der Waals surface area contributed by atoms with Crippen LogP contribution in [0.25, 0.3) is 5.65 Å². The average molecular weight is 273 g/mol. The predicted octanol–water partition coefficient (Wildman–Crippen LogP) is 2.44. The molecule has 0 fully saturated rings. The Morgan fingerprint density at radius 2 is 2.11 bits per heavy atom. The molecule has 6 heteroatoms. The third kappa shape index (κ3) is 2.19. The highest BCUT2D eigenvalue weighted by atomic mass is 32.1. The van der Waals surface area contributed by atoms with E-state index in [9.17, 15) is 0 Å². The van der Waals surface area contributed by atoms with Crippen molar-refractivity contribution in [2.24, 2.45) is 0 Å². The van der Waals surface area contributed by atoms with Crippen LogP contribution in [0.1, 0.15) is 15.6 Å². The molecule has 0 amide bonds. The monoisotopic (exact) mass is 273 g/mol. The lowest BCUT2D eigenvalue weighted by molar-refractivity contribution is 0.903. The van der Waals surface area contributed by atoms with Crippen LogP contribution in [0, 0.1) is 13.8 Å². The van der Waals surface area contributed by atoms with Gasteiger partial charge in [0.15, 0.2) is 5.82 Å². The molecule has 0 aromatic carbocycles. The first-order valence-electron chi connectivity index (χ1n) is 6.08. The summed E-state index contributed by atoms with van der Waals surface area (Å²) < 4.78 is 1.96. The van der Waals surface area contributed by atoms with E-state index < -0.39 is 0 Å². The Bertz CT molecular complexity index is 715. The first kappa shape index (κ1) is 12.1. The fraction of sp³-hybridized carbons (Fsp3) is 0.308. The van der Waals surface area contributed by atoms with Gasteiger partial charge in [-0.2, -0.15) is 0 Å². The van der Waals surface area contributed by atoms with E-state index in [1.165, 1.54) is 9.75 Å². The average Bonchev–Trinajstić information content (AvgIpc) is 2.96. The molecule has 0 unspecified atom stereocenters. The van der Waals surface area contributed by atoms with E-state index in [0.717, 1.165) is 23.8 Å². The van der Waals surface area contributed by atoms with Gasteiger partial charge >= 0.3 is 0 Å². The standard InChI is InChI=1S/C13H15N5S/c1-9-4-5-11(19-9)8-17(3)12-13-16-15-10(2)18(13)7-6-14-12/h4-7H,8H2,1-3H3. The lowest BCUT2D eigenvalue weighted by Crippen LogP contribution is -2.18. The van der Waals surface area contributed by atoms with Crippen molar-refractivity contribution in [1.82, 2.24) is 19.6 Å². The summed E-state index contributed by atoms with van der Waals surface area (Å²) in [5.41, 5.74) is 0.802. The minimum atomic E-state index is 0.802. The molecule has 0 radical (unpaired) electrons. The zero-order chi connectivity index (χ0) is 13.4. The molecule has 0 aliphatic carbocycles. The second-order valence-corrected chi connectivity index (χ2v) is 5.93. The van der Waals surface area contributed by atoms with Gasteiger partial charge < -0.3 is 4.90 Å². The summed E-state index contributed by atoms with van der Waals surface area (Å²) in [5.74, 6) is 1.73. The van der Waals surface area contributed by atoms with Crippen molar-refractivity contribution < 1.29 is 0 Å². The first-order chi connectivity index (χ1) is 9.15. The van der Waals surface area contributed by atoms with Crippen LogP contribution in [0.2, 0.25) is 0 Å². The van der Waals surface area contributed by atoms with Crippen molar-refractivity contribution in [3.05, 3.63) is 40.1 Å². The lowest BCUT2D eigenvalue weighted by Gasteiger charge is -2.17. The van der Waals surface area contributed by atoms with E-state index in [4.69, 9.17) is 0 Å². The Morgan fingerprint density at radius 3 is 2.84 bits per heavy atom. The summed E-state index contributed by atoms with van der Waals surface area (Å²) >= 11 is 1.81. The summed E-state index contributed by atoms with van der Waals surface area (Å²) in [6.45, 7) is 4.89. The molecule has 0 spiro atoms. The summed E-state index contributed by atoms with van der Waals surface area (Å²) in [7, 11) is 2.03. The molecular formula is C13H15N5S. The van der Waals surface area contributed by atoms with Crippen LogP contribution in [0.15, 0.2) is 24.5 Å².